The highest BCUT2D eigenvalue weighted by Gasteiger charge is 2.19. The van der Waals surface area contributed by atoms with E-state index in [2.05, 4.69) is 36.4 Å². The smallest absolute Gasteiger partial charge is 0.244 e. The summed E-state index contributed by atoms with van der Waals surface area (Å²) in [7, 11) is 0. The van der Waals surface area contributed by atoms with Crippen LogP contribution in [0.1, 0.15) is 32.1 Å². The number of piperazine rings is 1. The summed E-state index contributed by atoms with van der Waals surface area (Å²) < 4.78 is 13.1. The predicted molar refractivity (Wildman–Crippen MR) is 110 cm³/mol. The third kappa shape index (κ3) is 4.77. The Morgan fingerprint density at radius 3 is 2.54 bits per heavy atom. The predicted octanol–water partition coefficient (Wildman–Crippen LogP) is 3.64. The number of rotatable bonds is 6. The van der Waals surface area contributed by atoms with E-state index < -0.39 is 0 Å². The number of hydrogen-bond donors (Lipinski definition) is 1. The Balaban J connectivity index is 1.29. The maximum absolute atomic E-state index is 13.1. The number of nitrogens with zero attached hydrogens (tertiary/aromatic N) is 5. The van der Waals surface area contributed by atoms with Gasteiger partial charge >= 0.3 is 0 Å². The molecule has 0 spiro atoms. The lowest BCUT2D eigenvalue weighted by Crippen LogP contribution is -2.47. The maximum atomic E-state index is 13.1. The van der Waals surface area contributed by atoms with Gasteiger partial charge in [0.05, 0.1) is 6.20 Å². The van der Waals surface area contributed by atoms with Crippen molar-refractivity contribution in [2.45, 2.75) is 32.1 Å². The molecule has 1 fully saturated rings. The molecule has 148 valence electrons. The zero-order chi connectivity index (χ0) is 19.2. The molecule has 0 atom stereocenters. The summed E-state index contributed by atoms with van der Waals surface area (Å²) in [5.74, 6) is 1.25. The molecule has 1 aliphatic carbocycles. The fourth-order valence-electron chi connectivity index (χ4n) is 3.83. The molecule has 0 unspecified atom stereocenters. The van der Waals surface area contributed by atoms with Crippen molar-refractivity contribution in [2.75, 3.05) is 47.8 Å². The normalized spacial score (nSPS) is 17.4. The Morgan fingerprint density at radius 2 is 1.79 bits per heavy atom. The van der Waals surface area contributed by atoms with Crippen molar-refractivity contribution in [1.82, 2.24) is 15.2 Å². The van der Waals surface area contributed by atoms with Gasteiger partial charge in [-0.3, -0.25) is 0 Å². The number of allylic oxidation sites excluding steroid dienone is 1. The topological polar surface area (TPSA) is 57.2 Å². The second kappa shape index (κ2) is 8.99. The Hall–Kier alpha value is -2.70. The van der Waals surface area contributed by atoms with Gasteiger partial charge in [-0.15, -0.1) is 5.10 Å². The lowest BCUT2D eigenvalue weighted by molar-refractivity contribution is 0.624. The lowest BCUT2D eigenvalue weighted by Gasteiger charge is -2.36. The first kappa shape index (κ1) is 18.7. The second-order valence-corrected chi connectivity index (χ2v) is 7.37. The van der Waals surface area contributed by atoms with Crippen LogP contribution in [0.25, 0.3) is 0 Å². The molecule has 4 rings (SSSR count). The van der Waals surface area contributed by atoms with Crippen LogP contribution in [0.5, 0.6) is 0 Å². The summed E-state index contributed by atoms with van der Waals surface area (Å²) in [4.78, 5) is 9.13. The van der Waals surface area contributed by atoms with Crippen LogP contribution in [0.2, 0.25) is 0 Å². The monoisotopic (exact) mass is 382 g/mol. The molecule has 7 heteroatoms. The molecule has 28 heavy (non-hydrogen) atoms. The third-order valence-corrected chi connectivity index (χ3v) is 5.46. The summed E-state index contributed by atoms with van der Waals surface area (Å²) in [5.41, 5.74) is 2.60. The summed E-state index contributed by atoms with van der Waals surface area (Å²) in [6, 6.07) is 6.69. The van der Waals surface area contributed by atoms with Gasteiger partial charge in [0.2, 0.25) is 5.95 Å². The minimum Gasteiger partial charge on any atom is -0.368 e. The maximum Gasteiger partial charge on any atom is 0.244 e. The summed E-state index contributed by atoms with van der Waals surface area (Å²) in [6.07, 6.45) is 10.2. The standard InChI is InChI=1S/C21H27FN6/c22-18-6-8-19(9-7-18)27-12-14-28(15-13-27)20-16-24-26-21(25-20)23-11-10-17-4-2-1-3-5-17/h4,6-9,16H,1-3,5,10-15H2,(H,23,25,26). The van der Waals surface area contributed by atoms with Crippen LogP contribution in [0.4, 0.5) is 21.8 Å². The van der Waals surface area contributed by atoms with Gasteiger partial charge in [-0.25, -0.2) is 4.39 Å². The van der Waals surface area contributed by atoms with Crippen molar-refractivity contribution in [1.29, 1.82) is 0 Å². The zero-order valence-electron chi connectivity index (χ0n) is 16.1. The van der Waals surface area contributed by atoms with Crippen molar-refractivity contribution >= 4 is 17.5 Å². The third-order valence-electron chi connectivity index (χ3n) is 5.46. The van der Waals surface area contributed by atoms with Crippen molar-refractivity contribution in [3.8, 4) is 0 Å². The van der Waals surface area contributed by atoms with E-state index in [-0.39, 0.29) is 5.82 Å². The van der Waals surface area contributed by atoms with E-state index in [0.29, 0.717) is 5.95 Å². The number of benzene rings is 1. The molecular weight excluding hydrogens is 355 g/mol. The van der Waals surface area contributed by atoms with Crippen LogP contribution < -0.4 is 15.1 Å². The molecule has 2 heterocycles. The van der Waals surface area contributed by atoms with Crippen LogP contribution in [0.15, 0.2) is 42.1 Å². The molecule has 2 aromatic rings. The highest BCUT2D eigenvalue weighted by Crippen LogP contribution is 2.21. The van der Waals surface area contributed by atoms with Crippen LogP contribution in [0.3, 0.4) is 0 Å². The van der Waals surface area contributed by atoms with Gasteiger partial charge in [0, 0.05) is 38.4 Å². The van der Waals surface area contributed by atoms with Gasteiger partial charge in [0.25, 0.3) is 0 Å². The first-order valence-electron chi connectivity index (χ1n) is 10.1. The molecule has 0 amide bonds. The molecule has 0 radical (unpaired) electrons. The zero-order valence-corrected chi connectivity index (χ0v) is 16.1. The summed E-state index contributed by atoms with van der Waals surface area (Å²) in [5, 5.41) is 11.6. The number of nitrogens with one attached hydrogen (secondary N) is 1. The van der Waals surface area contributed by atoms with Crippen molar-refractivity contribution in [3.63, 3.8) is 0 Å². The van der Waals surface area contributed by atoms with E-state index in [0.717, 1.165) is 50.6 Å². The second-order valence-electron chi connectivity index (χ2n) is 7.37. The van der Waals surface area contributed by atoms with Crippen molar-refractivity contribution in [3.05, 3.63) is 47.9 Å². The van der Waals surface area contributed by atoms with Crippen LogP contribution in [0, 0.1) is 5.82 Å². The molecule has 1 aliphatic heterocycles. The number of hydrogen-bond acceptors (Lipinski definition) is 6. The molecule has 2 aliphatic rings. The largest absolute Gasteiger partial charge is 0.368 e. The first-order valence-corrected chi connectivity index (χ1v) is 10.1. The number of aromatic nitrogens is 3. The van der Waals surface area contributed by atoms with Crippen LogP contribution in [-0.2, 0) is 0 Å². The van der Waals surface area contributed by atoms with Gasteiger partial charge in [0.15, 0.2) is 5.82 Å². The van der Waals surface area contributed by atoms with E-state index in [1.165, 1.54) is 37.8 Å². The van der Waals surface area contributed by atoms with Gasteiger partial charge in [-0.2, -0.15) is 10.1 Å². The molecule has 1 N–H and O–H groups in total. The SMILES string of the molecule is Fc1ccc(N2CCN(c3cnnc(NCCC4=CCCCC4)n3)CC2)cc1. The van der Waals surface area contributed by atoms with E-state index in [1.54, 1.807) is 11.8 Å². The lowest BCUT2D eigenvalue weighted by atomic mass is 9.97. The molecule has 1 aromatic carbocycles. The Morgan fingerprint density at radius 1 is 1.00 bits per heavy atom. The molecule has 1 saturated heterocycles. The van der Waals surface area contributed by atoms with Crippen LogP contribution >= 0.6 is 0 Å². The molecule has 0 saturated carbocycles. The molecule has 0 bridgehead atoms. The number of anilines is 3. The Bertz CT molecular complexity index is 799. The quantitative estimate of drug-likeness (QED) is 0.770. The van der Waals surface area contributed by atoms with Gasteiger partial charge < -0.3 is 15.1 Å². The molecule has 1 aromatic heterocycles. The fourth-order valence-corrected chi connectivity index (χ4v) is 3.83. The van der Waals surface area contributed by atoms with Crippen LogP contribution in [-0.4, -0.2) is 47.9 Å². The van der Waals surface area contributed by atoms with Crippen molar-refractivity contribution in [2.24, 2.45) is 0 Å². The molecule has 6 nitrogen and oxygen atoms in total. The molecular formula is C21H27FN6. The average molecular weight is 382 g/mol. The summed E-state index contributed by atoms with van der Waals surface area (Å²) >= 11 is 0. The van der Waals surface area contributed by atoms with E-state index in [1.807, 2.05) is 12.1 Å². The Kier molecular flexibility index (Phi) is 5.99. The fraction of sp³-hybridized carbons (Fsp3) is 0.476. The van der Waals surface area contributed by atoms with E-state index >= 15 is 0 Å². The van der Waals surface area contributed by atoms with Crippen molar-refractivity contribution < 1.29 is 4.39 Å². The van der Waals surface area contributed by atoms with Gasteiger partial charge in [0.1, 0.15) is 5.82 Å². The summed E-state index contributed by atoms with van der Waals surface area (Å²) in [6.45, 7) is 4.28. The number of halogens is 1. The van der Waals surface area contributed by atoms with Gasteiger partial charge in [-0.05, 0) is 56.4 Å². The Labute approximate surface area is 165 Å². The minimum absolute atomic E-state index is 0.200. The minimum atomic E-state index is -0.200. The average Bonchev–Trinajstić information content (AvgIpc) is 2.75. The van der Waals surface area contributed by atoms with E-state index in [9.17, 15) is 4.39 Å². The van der Waals surface area contributed by atoms with E-state index in [4.69, 9.17) is 0 Å². The highest BCUT2D eigenvalue weighted by atomic mass is 19.1. The highest BCUT2D eigenvalue weighted by molar-refractivity contribution is 5.49. The first-order chi connectivity index (χ1) is 13.8. The van der Waals surface area contributed by atoms with Gasteiger partial charge in [-0.1, -0.05) is 11.6 Å².